The summed E-state index contributed by atoms with van der Waals surface area (Å²) in [5, 5.41) is 18.2. The summed E-state index contributed by atoms with van der Waals surface area (Å²) in [6.07, 6.45) is 0. The van der Waals surface area contributed by atoms with E-state index in [1.54, 1.807) is 0 Å². The molecule has 3 aromatic rings. The van der Waals surface area contributed by atoms with E-state index in [2.05, 4.69) is 35.7 Å². The van der Waals surface area contributed by atoms with Crippen molar-refractivity contribution >= 4 is 34.7 Å². The number of aliphatic hydroxyl groups is 1. The van der Waals surface area contributed by atoms with Gasteiger partial charge in [-0.05, 0) is 49.7 Å². The maximum Gasteiger partial charge on any atom is 0.323 e. The molecule has 1 saturated heterocycles. The maximum absolute atomic E-state index is 12.4. The van der Waals surface area contributed by atoms with Crippen molar-refractivity contribution in [3.8, 4) is 0 Å². The first kappa shape index (κ1) is 23.5. The third-order valence-electron chi connectivity index (χ3n) is 5.61. The SMILES string of the molecule is Cc1cccc(NC(=O)Nc2cccc(Nc3cc(N4CCN(CCO)CC4)nc(C)n3)c2)c1. The van der Waals surface area contributed by atoms with Crippen LogP contribution in [0.2, 0.25) is 0 Å². The minimum absolute atomic E-state index is 0.183. The molecule has 4 N–H and O–H groups in total. The molecule has 1 aromatic heterocycles. The fraction of sp³-hybridized carbons (Fsp3) is 0.320. The van der Waals surface area contributed by atoms with Gasteiger partial charge in [0, 0.05) is 55.9 Å². The van der Waals surface area contributed by atoms with E-state index in [9.17, 15) is 4.79 Å². The van der Waals surface area contributed by atoms with Crippen LogP contribution in [0.25, 0.3) is 0 Å². The highest BCUT2D eigenvalue weighted by molar-refractivity contribution is 6.00. The second-order valence-corrected chi connectivity index (χ2v) is 8.37. The number of rotatable bonds is 7. The molecule has 0 spiro atoms. The largest absolute Gasteiger partial charge is 0.395 e. The number of β-amino-alcohol motifs (C(OH)–C–C–N with tert-alkyl or cyclic N) is 1. The van der Waals surface area contributed by atoms with Gasteiger partial charge in [-0.1, -0.05) is 18.2 Å². The molecule has 1 aliphatic heterocycles. The third-order valence-corrected chi connectivity index (χ3v) is 5.61. The van der Waals surface area contributed by atoms with Crippen LogP contribution >= 0.6 is 0 Å². The Balaban J connectivity index is 1.40. The van der Waals surface area contributed by atoms with Gasteiger partial charge >= 0.3 is 6.03 Å². The van der Waals surface area contributed by atoms with Crippen LogP contribution in [0.5, 0.6) is 0 Å². The lowest BCUT2D eigenvalue weighted by atomic mass is 10.2. The van der Waals surface area contributed by atoms with Gasteiger partial charge in [-0.15, -0.1) is 0 Å². The minimum atomic E-state index is -0.303. The van der Waals surface area contributed by atoms with Crippen LogP contribution < -0.4 is 20.9 Å². The second-order valence-electron chi connectivity index (χ2n) is 8.37. The molecular formula is C25H31N7O2. The average molecular weight is 462 g/mol. The van der Waals surface area contributed by atoms with E-state index in [4.69, 9.17) is 5.11 Å². The Morgan fingerprint density at radius 1 is 0.912 bits per heavy atom. The van der Waals surface area contributed by atoms with Crippen LogP contribution in [-0.4, -0.2) is 65.3 Å². The van der Waals surface area contributed by atoms with E-state index < -0.39 is 0 Å². The number of benzene rings is 2. The van der Waals surface area contributed by atoms with Gasteiger partial charge in [-0.25, -0.2) is 14.8 Å². The topological polar surface area (TPSA) is 106 Å². The lowest BCUT2D eigenvalue weighted by molar-refractivity contribution is 0.188. The number of amides is 2. The van der Waals surface area contributed by atoms with Gasteiger partial charge in [0.15, 0.2) is 0 Å². The van der Waals surface area contributed by atoms with Gasteiger partial charge in [0.2, 0.25) is 0 Å². The van der Waals surface area contributed by atoms with Gasteiger partial charge in [0.25, 0.3) is 0 Å². The van der Waals surface area contributed by atoms with Crippen LogP contribution in [0.4, 0.5) is 33.5 Å². The number of nitrogens with one attached hydrogen (secondary N) is 3. The van der Waals surface area contributed by atoms with Crippen molar-refractivity contribution in [2.45, 2.75) is 13.8 Å². The number of hydrogen-bond acceptors (Lipinski definition) is 7. The van der Waals surface area contributed by atoms with Crippen molar-refractivity contribution in [2.24, 2.45) is 0 Å². The molecule has 34 heavy (non-hydrogen) atoms. The fourth-order valence-corrected chi connectivity index (χ4v) is 3.96. The Labute approximate surface area is 199 Å². The van der Waals surface area contributed by atoms with Gasteiger partial charge < -0.3 is 26.0 Å². The number of aryl methyl sites for hydroxylation is 2. The fourth-order valence-electron chi connectivity index (χ4n) is 3.96. The molecule has 0 radical (unpaired) electrons. The molecule has 2 aromatic carbocycles. The highest BCUT2D eigenvalue weighted by atomic mass is 16.3. The highest BCUT2D eigenvalue weighted by Gasteiger charge is 2.18. The summed E-state index contributed by atoms with van der Waals surface area (Å²) in [7, 11) is 0. The second kappa shape index (κ2) is 11.0. The Bertz CT molecular complexity index is 1130. The van der Waals surface area contributed by atoms with Gasteiger partial charge in [-0.3, -0.25) is 4.90 Å². The average Bonchev–Trinajstić information content (AvgIpc) is 2.79. The van der Waals surface area contributed by atoms with Gasteiger partial charge in [0.1, 0.15) is 17.5 Å². The predicted molar refractivity (Wildman–Crippen MR) is 136 cm³/mol. The number of hydrogen-bond donors (Lipinski definition) is 4. The van der Waals surface area contributed by atoms with Crippen LogP contribution in [-0.2, 0) is 0 Å². The van der Waals surface area contributed by atoms with Gasteiger partial charge in [-0.2, -0.15) is 0 Å². The standard InChI is InChI=1S/C25H31N7O2/c1-18-5-3-6-20(15-18)29-25(34)30-22-8-4-7-21(16-22)28-23-17-24(27-19(2)26-23)32-11-9-31(10-12-32)13-14-33/h3-8,15-17,33H,9-14H2,1-2H3,(H,26,27,28)(H2,29,30,34). The normalized spacial score (nSPS) is 14.0. The third kappa shape index (κ3) is 6.43. The molecule has 9 nitrogen and oxygen atoms in total. The molecule has 0 bridgehead atoms. The van der Waals surface area contributed by atoms with Crippen LogP contribution in [0, 0.1) is 13.8 Å². The first-order valence-electron chi connectivity index (χ1n) is 11.4. The summed E-state index contributed by atoms with van der Waals surface area (Å²) >= 11 is 0. The van der Waals surface area contributed by atoms with E-state index in [0.29, 0.717) is 23.9 Å². The Hall–Kier alpha value is -3.69. The Kier molecular flexibility index (Phi) is 7.56. The number of urea groups is 1. The summed E-state index contributed by atoms with van der Waals surface area (Å²) in [5.74, 6) is 2.26. The molecule has 1 fully saturated rings. The van der Waals surface area contributed by atoms with E-state index in [-0.39, 0.29) is 12.6 Å². The Morgan fingerprint density at radius 2 is 1.59 bits per heavy atom. The van der Waals surface area contributed by atoms with Crippen LogP contribution in [0.3, 0.4) is 0 Å². The summed E-state index contributed by atoms with van der Waals surface area (Å²) < 4.78 is 0. The number of carbonyl (C=O) groups is 1. The first-order valence-corrected chi connectivity index (χ1v) is 11.4. The summed E-state index contributed by atoms with van der Waals surface area (Å²) in [6, 6.07) is 16.8. The first-order chi connectivity index (χ1) is 16.5. The predicted octanol–water partition coefficient (Wildman–Crippen LogP) is 3.60. The zero-order valence-electron chi connectivity index (χ0n) is 19.6. The highest BCUT2D eigenvalue weighted by Crippen LogP contribution is 2.23. The molecule has 178 valence electrons. The van der Waals surface area contributed by atoms with Crippen molar-refractivity contribution in [3.63, 3.8) is 0 Å². The zero-order chi connectivity index (χ0) is 23.9. The lowest BCUT2D eigenvalue weighted by Crippen LogP contribution is -2.47. The van der Waals surface area contributed by atoms with Crippen LogP contribution in [0.1, 0.15) is 11.4 Å². The molecule has 0 unspecified atom stereocenters. The molecule has 2 amide bonds. The minimum Gasteiger partial charge on any atom is -0.395 e. The molecule has 9 heteroatoms. The maximum atomic E-state index is 12.4. The summed E-state index contributed by atoms with van der Waals surface area (Å²) in [5.41, 5.74) is 3.30. The Morgan fingerprint density at radius 3 is 2.29 bits per heavy atom. The smallest absolute Gasteiger partial charge is 0.323 e. The van der Waals surface area contributed by atoms with Crippen molar-refractivity contribution < 1.29 is 9.90 Å². The number of nitrogens with zero attached hydrogens (tertiary/aromatic N) is 4. The number of piperazine rings is 1. The van der Waals surface area contributed by atoms with E-state index >= 15 is 0 Å². The van der Waals surface area contributed by atoms with E-state index in [0.717, 1.165) is 48.9 Å². The van der Waals surface area contributed by atoms with Crippen molar-refractivity contribution in [1.29, 1.82) is 0 Å². The number of aromatic nitrogens is 2. The zero-order valence-corrected chi connectivity index (χ0v) is 19.6. The molecule has 2 heterocycles. The van der Waals surface area contributed by atoms with Crippen LogP contribution in [0.15, 0.2) is 54.6 Å². The molecule has 0 atom stereocenters. The van der Waals surface area contributed by atoms with Crippen molar-refractivity contribution in [3.05, 3.63) is 66.0 Å². The number of carbonyl (C=O) groups excluding carboxylic acids is 1. The van der Waals surface area contributed by atoms with E-state index in [1.165, 1.54) is 0 Å². The van der Waals surface area contributed by atoms with Crippen molar-refractivity contribution in [2.75, 3.05) is 60.2 Å². The molecule has 0 aliphatic carbocycles. The molecule has 1 aliphatic rings. The molecule has 0 saturated carbocycles. The molecular weight excluding hydrogens is 430 g/mol. The van der Waals surface area contributed by atoms with Crippen molar-refractivity contribution in [1.82, 2.24) is 14.9 Å². The quantitative estimate of drug-likeness (QED) is 0.426. The monoisotopic (exact) mass is 461 g/mol. The van der Waals surface area contributed by atoms with E-state index in [1.807, 2.05) is 68.4 Å². The number of aliphatic hydroxyl groups excluding tert-OH is 1. The number of anilines is 5. The summed E-state index contributed by atoms with van der Waals surface area (Å²) in [4.78, 5) is 26.0. The summed E-state index contributed by atoms with van der Waals surface area (Å²) in [6.45, 7) is 8.24. The van der Waals surface area contributed by atoms with Gasteiger partial charge in [0.05, 0.1) is 6.61 Å². The molecule has 4 rings (SSSR count). The lowest BCUT2D eigenvalue weighted by Gasteiger charge is -2.35.